The molecule has 0 unspecified atom stereocenters. The highest BCUT2D eigenvalue weighted by atomic mass is 35.5. The van der Waals surface area contributed by atoms with Crippen LogP contribution < -0.4 is 11.1 Å². The summed E-state index contributed by atoms with van der Waals surface area (Å²) in [5.74, 6) is -0.273. The Kier molecular flexibility index (Phi) is 3.67. The molecule has 0 aromatic carbocycles. The highest BCUT2D eigenvalue weighted by molar-refractivity contribution is 6.32. The monoisotopic (exact) mass is 214 g/mol. The van der Waals surface area contributed by atoms with E-state index in [1.807, 2.05) is 0 Å². The lowest BCUT2D eigenvalue weighted by Gasteiger charge is -1.98. The van der Waals surface area contributed by atoms with E-state index in [0.29, 0.717) is 17.4 Å². The molecule has 0 atom stereocenters. The van der Waals surface area contributed by atoms with Crippen LogP contribution in [0.4, 0.5) is 5.69 Å². The fourth-order valence-corrected chi connectivity index (χ4v) is 0.996. The molecule has 0 aliphatic carbocycles. The highest BCUT2D eigenvalue weighted by Crippen LogP contribution is 2.19. The summed E-state index contributed by atoms with van der Waals surface area (Å²) in [6.07, 6.45) is 4.39. The molecule has 1 amide bonds. The molecule has 0 fully saturated rings. The number of aryl methyl sites for hydroxylation is 1. The topological polar surface area (TPSA) is 72.9 Å². The quantitative estimate of drug-likeness (QED) is 0.721. The zero-order valence-electron chi connectivity index (χ0n) is 7.70. The van der Waals surface area contributed by atoms with E-state index in [0.717, 1.165) is 0 Å². The third kappa shape index (κ3) is 2.58. The SMILES string of the molecule is Cn1ncc(NC(=O)/C=C/CN)c1Cl. The van der Waals surface area contributed by atoms with Gasteiger partial charge in [0.15, 0.2) is 0 Å². The van der Waals surface area contributed by atoms with Crippen LogP contribution in [0.25, 0.3) is 0 Å². The van der Waals surface area contributed by atoms with Crippen LogP contribution in [0.1, 0.15) is 0 Å². The molecule has 0 spiro atoms. The van der Waals surface area contributed by atoms with Gasteiger partial charge in [-0.25, -0.2) is 0 Å². The first-order chi connectivity index (χ1) is 6.65. The van der Waals surface area contributed by atoms with E-state index >= 15 is 0 Å². The van der Waals surface area contributed by atoms with Crippen LogP contribution in [0.3, 0.4) is 0 Å². The van der Waals surface area contributed by atoms with Gasteiger partial charge in [-0.3, -0.25) is 9.48 Å². The Bertz CT molecular complexity index is 358. The summed E-state index contributed by atoms with van der Waals surface area (Å²) in [6.45, 7) is 0.328. The Balaban J connectivity index is 2.65. The number of nitrogens with zero attached hydrogens (tertiary/aromatic N) is 2. The van der Waals surface area contributed by atoms with Gasteiger partial charge in [0.1, 0.15) is 5.15 Å². The molecule has 5 nitrogen and oxygen atoms in total. The highest BCUT2D eigenvalue weighted by Gasteiger charge is 2.06. The minimum atomic E-state index is -0.273. The van der Waals surface area contributed by atoms with Gasteiger partial charge in [-0.2, -0.15) is 5.10 Å². The van der Waals surface area contributed by atoms with Gasteiger partial charge < -0.3 is 11.1 Å². The molecule has 6 heteroatoms. The van der Waals surface area contributed by atoms with Crippen molar-refractivity contribution >= 4 is 23.2 Å². The van der Waals surface area contributed by atoms with Crippen molar-refractivity contribution in [3.05, 3.63) is 23.5 Å². The van der Waals surface area contributed by atoms with Gasteiger partial charge in [0.2, 0.25) is 5.91 Å². The first-order valence-corrected chi connectivity index (χ1v) is 4.38. The molecule has 1 aromatic heterocycles. The fraction of sp³-hybridized carbons (Fsp3) is 0.250. The second-order valence-electron chi connectivity index (χ2n) is 2.60. The summed E-state index contributed by atoms with van der Waals surface area (Å²) < 4.78 is 1.46. The zero-order chi connectivity index (χ0) is 10.6. The van der Waals surface area contributed by atoms with Gasteiger partial charge in [0.05, 0.1) is 11.9 Å². The van der Waals surface area contributed by atoms with E-state index in [2.05, 4.69) is 10.4 Å². The number of hydrogen-bond donors (Lipinski definition) is 2. The number of anilines is 1. The minimum Gasteiger partial charge on any atom is -0.327 e. The van der Waals surface area contributed by atoms with Crippen LogP contribution >= 0.6 is 11.6 Å². The number of nitrogens with one attached hydrogen (secondary N) is 1. The van der Waals surface area contributed by atoms with Crippen LogP contribution in [0.2, 0.25) is 5.15 Å². The van der Waals surface area contributed by atoms with E-state index in [-0.39, 0.29) is 5.91 Å². The number of carbonyl (C=O) groups is 1. The number of aromatic nitrogens is 2. The molecule has 0 aliphatic rings. The maximum Gasteiger partial charge on any atom is 0.248 e. The van der Waals surface area contributed by atoms with Gasteiger partial charge in [0, 0.05) is 19.7 Å². The molecule has 0 bridgehead atoms. The summed E-state index contributed by atoms with van der Waals surface area (Å²) in [7, 11) is 1.69. The largest absolute Gasteiger partial charge is 0.327 e. The molecule has 0 saturated heterocycles. The molecule has 14 heavy (non-hydrogen) atoms. The van der Waals surface area contributed by atoms with Gasteiger partial charge in [-0.1, -0.05) is 17.7 Å². The number of nitrogens with two attached hydrogens (primary N) is 1. The number of amides is 1. The average Bonchev–Trinajstić information content (AvgIpc) is 2.46. The number of halogens is 1. The molecule has 76 valence electrons. The third-order valence-electron chi connectivity index (χ3n) is 1.53. The lowest BCUT2D eigenvalue weighted by molar-refractivity contribution is -0.111. The number of carbonyl (C=O) groups excluding carboxylic acids is 1. The minimum absolute atomic E-state index is 0.273. The van der Waals surface area contributed by atoms with Crippen LogP contribution in [-0.4, -0.2) is 22.2 Å². The molecule has 1 rings (SSSR count). The molecule has 1 aromatic rings. The summed E-state index contributed by atoms with van der Waals surface area (Å²) in [6, 6.07) is 0. The third-order valence-corrected chi connectivity index (χ3v) is 1.98. The predicted molar refractivity (Wildman–Crippen MR) is 55.0 cm³/mol. The van der Waals surface area contributed by atoms with Gasteiger partial charge in [-0.05, 0) is 0 Å². The van der Waals surface area contributed by atoms with E-state index in [9.17, 15) is 4.79 Å². The predicted octanol–water partition coefficient (Wildman–Crippen LogP) is 0.527. The Morgan fingerprint density at radius 3 is 3.07 bits per heavy atom. The van der Waals surface area contributed by atoms with Crippen LogP contribution in [0.5, 0.6) is 0 Å². The number of rotatable bonds is 3. The van der Waals surface area contributed by atoms with Gasteiger partial charge in [-0.15, -0.1) is 0 Å². The number of hydrogen-bond acceptors (Lipinski definition) is 3. The Morgan fingerprint density at radius 1 is 1.86 bits per heavy atom. The van der Waals surface area contributed by atoms with Crippen molar-refractivity contribution in [1.29, 1.82) is 0 Å². The summed E-state index contributed by atoms with van der Waals surface area (Å²) in [4.78, 5) is 11.2. The fourth-order valence-electron chi connectivity index (χ4n) is 0.856. The Morgan fingerprint density at radius 2 is 2.57 bits per heavy atom. The molecule has 1 heterocycles. The van der Waals surface area contributed by atoms with Crippen molar-refractivity contribution in [2.45, 2.75) is 0 Å². The van der Waals surface area contributed by atoms with Crippen molar-refractivity contribution in [3.63, 3.8) is 0 Å². The maximum atomic E-state index is 11.2. The first-order valence-electron chi connectivity index (χ1n) is 4.00. The van der Waals surface area contributed by atoms with E-state index in [1.165, 1.54) is 17.0 Å². The lowest BCUT2D eigenvalue weighted by atomic mass is 10.4. The van der Waals surface area contributed by atoms with Crippen LogP contribution in [0.15, 0.2) is 18.3 Å². The second kappa shape index (κ2) is 4.78. The van der Waals surface area contributed by atoms with E-state index in [1.54, 1.807) is 13.1 Å². The molecular weight excluding hydrogens is 204 g/mol. The average molecular weight is 215 g/mol. The molecule has 3 N–H and O–H groups in total. The molecule has 0 saturated carbocycles. The van der Waals surface area contributed by atoms with E-state index in [4.69, 9.17) is 17.3 Å². The molecule has 0 aliphatic heterocycles. The summed E-state index contributed by atoms with van der Waals surface area (Å²) in [5.41, 5.74) is 5.68. The maximum absolute atomic E-state index is 11.2. The summed E-state index contributed by atoms with van der Waals surface area (Å²) >= 11 is 5.82. The van der Waals surface area contributed by atoms with Gasteiger partial charge >= 0.3 is 0 Å². The van der Waals surface area contributed by atoms with Crippen LogP contribution in [-0.2, 0) is 11.8 Å². The van der Waals surface area contributed by atoms with E-state index < -0.39 is 0 Å². The van der Waals surface area contributed by atoms with Crippen LogP contribution in [0, 0.1) is 0 Å². The normalized spacial score (nSPS) is 10.8. The van der Waals surface area contributed by atoms with Crippen molar-refractivity contribution in [2.75, 3.05) is 11.9 Å². The smallest absolute Gasteiger partial charge is 0.248 e. The zero-order valence-corrected chi connectivity index (χ0v) is 8.45. The van der Waals surface area contributed by atoms with Gasteiger partial charge in [0.25, 0.3) is 0 Å². The standard InChI is InChI=1S/C8H11ClN4O/c1-13-8(9)6(5-11-13)12-7(14)3-2-4-10/h2-3,5H,4,10H2,1H3,(H,12,14)/b3-2+. The lowest BCUT2D eigenvalue weighted by Crippen LogP contribution is -2.08. The Labute approximate surface area is 86.5 Å². The Hall–Kier alpha value is -1.33. The van der Waals surface area contributed by atoms with Crippen molar-refractivity contribution in [3.8, 4) is 0 Å². The van der Waals surface area contributed by atoms with Crippen molar-refractivity contribution in [1.82, 2.24) is 9.78 Å². The first kappa shape index (κ1) is 10.7. The molecular formula is C8H11ClN4O. The molecule has 0 radical (unpaired) electrons. The second-order valence-corrected chi connectivity index (χ2v) is 2.96. The van der Waals surface area contributed by atoms with Crippen molar-refractivity contribution in [2.24, 2.45) is 12.8 Å². The summed E-state index contributed by atoms with van der Waals surface area (Å²) in [5, 5.41) is 6.83. The van der Waals surface area contributed by atoms with Crippen molar-refractivity contribution < 1.29 is 4.79 Å².